The highest BCUT2D eigenvalue weighted by molar-refractivity contribution is 8.01. The Bertz CT molecular complexity index is 832. The minimum Gasteiger partial charge on any atom is -0.464 e. The van der Waals surface area contributed by atoms with Gasteiger partial charge in [0.05, 0.1) is 12.3 Å². The molecule has 2 heterocycles. The number of benzene rings is 1. The zero-order chi connectivity index (χ0) is 17.6. The number of hydrogen-bond acceptors (Lipinski definition) is 7. The van der Waals surface area contributed by atoms with E-state index in [1.807, 2.05) is 49.4 Å². The van der Waals surface area contributed by atoms with Crippen molar-refractivity contribution in [2.45, 2.75) is 17.8 Å². The average Bonchev–Trinajstić information content (AvgIpc) is 3.22. The molecule has 0 radical (unpaired) electrons. The average molecular weight is 374 g/mol. The molecule has 0 aliphatic carbocycles. The number of carbonyl (C=O) groups excluding carboxylic acids is 1. The van der Waals surface area contributed by atoms with Gasteiger partial charge in [0, 0.05) is 12.7 Å². The van der Waals surface area contributed by atoms with Gasteiger partial charge in [0.1, 0.15) is 11.5 Å². The summed E-state index contributed by atoms with van der Waals surface area (Å²) >= 11 is 2.82. The molecule has 0 bridgehead atoms. The van der Waals surface area contributed by atoms with Crippen LogP contribution in [-0.2, 0) is 11.3 Å². The number of amides is 1. The molecule has 8 heteroatoms. The van der Waals surface area contributed by atoms with Gasteiger partial charge in [-0.25, -0.2) is 0 Å². The first-order chi connectivity index (χ1) is 12.1. The van der Waals surface area contributed by atoms with Gasteiger partial charge in [-0.1, -0.05) is 41.3 Å². The molecule has 25 heavy (non-hydrogen) atoms. The first-order valence-corrected chi connectivity index (χ1v) is 9.48. The van der Waals surface area contributed by atoms with Crippen LogP contribution in [0.25, 0.3) is 0 Å². The van der Waals surface area contributed by atoms with Crippen molar-refractivity contribution in [3.05, 3.63) is 54.0 Å². The van der Waals surface area contributed by atoms with Crippen LogP contribution >= 0.6 is 23.1 Å². The Morgan fingerprint density at radius 2 is 2.04 bits per heavy atom. The van der Waals surface area contributed by atoms with Gasteiger partial charge < -0.3 is 14.6 Å². The summed E-state index contributed by atoms with van der Waals surface area (Å²) in [7, 11) is 1.77. The van der Waals surface area contributed by atoms with Crippen LogP contribution < -0.4 is 5.32 Å². The smallest absolute Gasteiger partial charge is 0.233 e. The summed E-state index contributed by atoms with van der Waals surface area (Å²) in [4.78, 5) is 13.9. The van der Waals surface area contributed by atoms with Crippen LogP contribution in [0.2, 0.25) is 0 Å². The largest absolute Gasteiger partial charge is 0.464 e. The van der Waals surface area contributed by atoms with Gasteiger partial charge >= 0.3 is 0 Å². The normalized spacial score (nSPS) is 10.6. The van der Waals surface area contributed by atoms with E-state index < -0.39 is 0 Å². The summed E-state index contributed by atoms with van der Waals surface area (Å²) in [6.45, 7) is 2.35. The SMILES string of the molecule is Cc1ccc(CN(C)C(=O)CSc2nnc(Nc3ccccc3)s2)o1. The molecule has 0 fully saturated rings. The summed E-state index contributed by atoms with van der Waals surface area (Å²) in [5.41, 5.74) is 0.958. The van der Waals surface area contributed by atoms with E-state index >= 15 is 0 Å². The second-order valence-electron chi connectivity index (χ2n) is 5.41. The third-order valence-electron chi connectivity index (χ3n) is 3.37. The fourth-order valence-corrected chi connectivity index (χ4v) is 3.80. The maximum absolute atomic E-state index is 12.2. The number of carbonyl (C=O) groups is 1. The van der Waals surface area contributed by atoms with Crippen molar-refractivity contribution in [1.29, 1.82) is 0 Å². The third-order valence-corrected chi connectivity index (χ3v) is 5.32. The Hall–Kier alpha value is -2.32. The van der Waals surface area contributed by atoms with E-state index in [4.69, 9.17) is 4.42 Å². The Kier molecular flexibility index (Phi) is 5.72. The van der Waals surface area contributed by atoms with Crippen LogP contribution in [0.4, 0.5) is 10.8 Å². The number of thioether (sulfide) groups is 1. The van der Waals surface area contributed by atoms with E-state index in [1.54, 1.807) is 11.9 Å². The lowest BCUT2D eigenvalue weighted by Crippen LogP contribution is -2.27. The molecular weight excluding hydrogens is 356 g/mol. The first-order valence-electron chi connectivity index (χ1n) is 7.68. The lowest BCUT2D eigenvalue weighted by molar-refractivity contribution is -0.127. The minimum atomic E-state index is 0.0202. The molecule has 0 aliphatic rings. The van der Waals surface area contributed by atoms with E-state index in [1.165, 1.54) is 23.1 Å². The number of hydrogen-bond donors (Lipinski definition) is 1. The topological polar surface area (TPSA) is 71.3 Å². The van der Waals surface area contributed by atoms with E-state index in [9.17, 15) is 4.79 Å². The number of rotatable bonds is 7. The van der Waals surface area contributed by atoms with Gasteiger partial charge in [-0.2, -0.15) is 0 Å². The lowest BCUT2D eigenvalue weighted by Gasteiger charge is -2.14. The second kappa shape index (κ2) is 8.17. The molecule has 0 aliphatic heterocycles. The van der Waals surface area contributed by atoms with Crippen LogP contribution in [-0.4, -0.2) is 33.8 Å². The standard InChI is InChI=1S/C17H18N4O2S2/c1-12-8-9-14(23-12)10-21(2)15(22)11-24-17-20-19-16(25-17)18-13-6-4-3-5-7-13/h3-9H,10-11H2,1-2H3,(H,18,19). The van der Waals surface area contributed by atoms with Gasteiger partial charge in [-0.05, 0) is 31.2 Å². The highest BCUT2D eigenvalue weighted by Crippen LogP contribution is 2.27. The molecule has 130 valence electrons. The molecule has 0 saturated carbocycles. The predicted molar refractivity (Wildman–Crippen MR) is 100 cm³/mol. The minimum absolute atomic E-state index is 0.0202. The quantitative estimate of drug-likeness (QED) is 0.632. The van der Waals surface area contributed by atoms with Gasteiger partial charge in [0.25, 0.3) is 0 Å². The fourth-order valence-electron chi connectivity index (χ4n) is 2.09. The summed E-state index contributed by atoms with van der Waals surface area (Å²) < 4.78 is 6.26. The number of nitrogens with one attached hydrogen (secondary N) is 1. The van der Waals surface area contributed by atoms with Crippen LogP contribution in [0, 0.1) is 6.92 Å². The van der Waals surface area contributed by atoms with Crippen LogP contribution in [0.1, 0.15) is 11.5 Å². The Morgan fingerprint density at radius 3 is 2.76 bits per heavy atom. The van der Waals surface area contributed by atoms with Crippen molar-refractivity contribution in [2.24, 2.45) is 0 Å². The summed E-state index contributed by atoms with van der Waals surface area (Å²) in [5, 5.41) is 12.1. The number of aryl methyl sites for hydroxylation is 1. The van der Waals surface area contributed by atoms with Crippen LogP contribution in [0.15, 0.2) is 51.2 Å². The zero-order valence-electron chi connectivity index (χ0n) is 13.9. The van der Waals surface area contributed by atoms with Crippen molar-refractivity contribution < 1.29 is 9.21 Å². The maximum atomic E-state index is 12.2. The third kappa shape index (κ3) is 5.07. The molecule has 1 aromatic carbocycles. The van der Waals surface area contributed by atoms with Crippen molar-refractivity contribution in [3.8, 4) is 0 Å². The number of nitrogens with zero attached hydrogens (tertiary/aromatic N) is 3. The second-order valence-corrected chi connectivity index (χ2v) is 7.61. The predicted octanol–water partition coefficient (Wildman–Crippen LogP) is 3.93. The van der Waals surface area contributed by atoms with E-state index in [0.717, 1.165) is 21.5 Å². The van der Waals surface area contributed by atoms with Gasteiger partial charge in [-0.15, -0.1) is 10.2 Å². The summed E-state index contributed by atoms with van der Waals surface area (Å²) in [6, 6.07) is 13.6. The molecule has 1 amide bonds. The molecular formula is C17H18N4O2S2. The van der Waals surface area contributed by atoms with E-state index in [-0.39, 0.29) is 5.91 Å². The first kappa shape index (κ1) is 17.5. The van der Waals surface area contributed by atoms with Crippen molar-refractivity contribution in [3.63, 3.8) is 0 Å². The van der Waals surface area contributed by atoms with Crippen molar-refractivity contribution in [2.75, 3.05) is 18.1 Å². The number of furan rings is 1. The zero-order valence-corrected chi connectivity index (χ0v) is 15.6. The van der Waals surface area contributed by atoms with E-state index in [0.29, 0.717) is 17.4 Å². The van der Waals surface area contributed by atoms with Gasteiger partial charge in [-0.3, -0.25) is 4.79 Å². The number of aromatic nitrogens is 2. The number of anilines is 2. The molecule has 2 aromatic heterocycles. The summed E-state index contributed by atoms with van der Waals surface area (Å²) in [6.07, 6.45) is 0. The molecule has 0 unspecified atom stereocenters. The van der Waals surface area contributed by atoms with Gasteiger partial charge in [0.2, 0.25) is 11.0 Å². The lowest BCUT2D eigenvalue weighted by atomic mass is 10.3. The Morgan fingerprint density at radius 1 is 1.24 bits per heavy atom. The number of para-hydroxylation sites is 1. The Balaban J connectivity index is 1.49. The molecule has 3 rings (SSSR count). The van der Waals surface area contributed by atoms with Crippen LogP contribution in [0.3, 0.4) is 0 Å². The molecule has 3 aromatic rings. The molecule has 1 N–H and O–H groups in total. The molecule has 0 saturated heterocycles. The monoisotopic (exact) mass is 374 g/mol. The van der Waals surface area contributed by atoms with Crippen molar-refractivity contribution in [1.82, 2.24) is 15.1 Å². The van der Waals surface area contributed by atoms with Gasteiger partial charge in [0.15, 0.2) is 4.34 Å². The maximum Gasteiger partial charge on any atom is 0.233 e. The summed E-state index contributed by atoms with van der Waals surface area (Å²) in [5.74, 6) is 1.96. The van der Waals surface area contributed by atoms with Crippen LogP contribution in [0.5, 0.6) is 0 Å². The molecule has 0 atom stereocenters. The van der Waals surface area contributed by atoms with E-state index in [2.05, 4.69) is 15.5 Å². The Labute approximate surface area is 154 Å². The highest BCUT2D eigenvalue weighted by atomic mass is 32.2. The highest BCUT2D eigenvalue weighted by Gasteiger charge is 2.13. The molecule has 6 nitrogen and oxygen atoms in total. The van der Waals surface area contributed by atoms with Crippen molar-refractivity contribution >= 4 is 39.8 Å². The molecule has 0 spiro atoms. The fraction of sp³-hybridized carbons (Fsp3) is 0.235.